The molecule has 0 radical (unpaired) electrons. The maximum Gasteiger partial charge on any atom is 0.224 e. The fraction of sp³-hybridized carbons (Fsp3) is 0.455. The van der Waals surface area contributed by atoms with Crippen LogP contribution >= 0.6 is 0 Å². The van der Waals surface area contributed by atoms with E-state index in [9.17, 15) is 4.79 Å². The molecule has 0 aliphatic rings. The van der Waals surface area contributed by atoms with Crippen LogP contribution in [0.5, 0.6) is 11.5 Å². The van der Waals surface area contributed by atoms with E-state index in [1.165, 1.54) is 0 Å². The quantitative estimate of drug-likeness (QED) is 0.545. The lowest BCUT2D eigenvalue weighted by atomic mass is 10.3. The Labute approximate surface area is 167 Å². The Morgan fingerprint density at radius 3 is 2.29 bits per heavy atom. The number of hydrogen-bond acceptors (Lipinski definition) is 5. The van der Waals surface area contributed by atoms with Gasteiger partial charge in [0.1, 0.15) is 17.3 Å². The first-order valence-electron chi connectivity index (χ1n) is 9.94. The number of carbonyl (C=O) groups is 1. The van der Waals surface area contributed by atoms with E-state index >= 15 is 0 Å². The topological polar surface area (TPSA) is 63.7 Å². The van der Waals surface area contributed by atoms with E-state index in [1.54, 1.807) is 13.3 Å². The standard InChI is InChI=1S/C22H31N3O3/c1-4-14-25(15-5-2)21-13-8-18(17-23-21)24-22(26)7-6-16-28-20-11-9-19(27-3)10-12-20/h8-13,17H,4-7,14-16H2,1-3H3,(H,24,26). The number of amides is 1. The number of benzene rings is 1. The van der Waals surface area contributed by atoms with Gasteiger partial charge in [0.15, 0.2) is 0 Å². The minimum absolute atomic E-state index is 0.0353. The summed E-state index contributed by atoms with van der Waals surface area (Å²) in [5.74, 6) is 2.48. The molecule has 0 unspecified atom stereocenters. The van der Waals surface area contributed by atoms with Crippen LogP contribution in [0, 0.1) is 0 Å². The zero-order chi connectivity index (χ0) is 20.2. The van der Waals surface area contributed by atoms with Crippen LogP contribution in [0.25, 0.3) is 0 Å². The molecule has 0 aliphatic heterocycles. The molecule has 0 aliphatic carbocycles. The van der Waals surface area contributed by atoms with Crippen LogP contribution < -0.4 is 19.7 Å². The van der Waals surface area contributed by atoms with Crippen molar-refractivity contribution in [3.63, 3.8) is 0 Å². The van der Waals surface area contributed by atoms with Crippen LogP contribution in [-0.4, -0.2) is 37.7 Å². The largest absolute Gasteiger partial charge is 0.497 e. The van der Waals surface area contributed by atoms with Crippen molar-refractivity contribution in [2.75, 3.05) is 37.0 Å². The second kappa shape index (κ2) is 11.8. The van der Waals surface area contributed by atoms with Gasteiger partial charge in [0.25, 0.3) is 0 Å². The molecule has 6 heteroatoms. The normalized spacial score (nSPS) is 10.4. The van der Waals surface area contributed by atoms with Crippen LogP contribution in [0.2, 0.25) is 0 Å². The highest BCUT2D eigenvalue weighted by atomic mass is 16.5. The number of hydrogen-bond donors (Lipinski definition) is 1. The van der Waals surface area contributed by atoms with E-state index in [2.05, 4.69) is 29.0 Å². The molecule has 152 valence electrons. The Morgan fingerprint density at radius 1 is 1.04 bits per heavy atom. The average Bonchev–Trinajstić information content (AvgIpc) is 2.72. The predicted molar refractivity (Wildman–Crippen MR) is 113 cm³/mol. The van der Waals surface area contributed by atoms with Gasteiger partial charge < -0.3 is 19.7 Å². The third-order valence-corrected chi connectivity index (χ3v) is 4.22. The first-order valence-corrected chi connectivity index (χ1v) is 9.94. The zero-order valence-corrected chi connectivity index (χ0v) is 17.1. The monoisotopic (exact) mass is 385 g/mol. The fourth-order valence-corrected chi connectivity index (χ4v) is 2.85. The molecule has 0 saturated carbocycles. The molecule has 1 heterocycles. The first-order chi connectivity index (χ1) is 13.7. The number of pyridine rings is 1. The average molecular weight is 386 g/mol. The number of nitrogens with zero attached hydrogens (tertiary/aromatic N) is 2. The highest BCUT2D eigenvalue weighted by molar-refractivity contribution is 5.90. The summed E-state index contributed by atoms with van der Waals surface area (Å²) in [5, 5.41) is 2.89. The van der Waals surface area contributed by atoms with Gasteiger partial charge in [-0.2, -0.15) is 0 Å². The lowest BCUT2D eigenvalue weighted by molar-refractivity contribution is -0.116. The van der Waals surface area contributed by atoms with Gasteiger partial charge in [-0.1, -0.05) is 13.8 Å². The highest BCUT2D eigenvalue weighted by Gasteiger charge is 2.07. The van der Waals surface area contributed by atoms with Crippen molar-refractivity contribution >= 4 is 17.4 Å². The number of aromatic nitrogens is 1. The van der Waals surface area contributed by atoms with Gasteiger partial charge in [0.05, 0.1) is 25.6 Å². The molecule has 2 aromatic rings. The van der Waals surface area contributed by atoms with Crippen molar-refractivity contribution in [1.29, 1.82) is 0 Å². The number of anilines is 2. The van der Waals surface area contributed by atoms with E-state index in [-0.39, 0.29) is 5.91 Å². The molecule has 2 rings (SSSR count). The van der Waals surface area contributed by atoms with E-state index < -0.39 is 0 Å². The molecule has 1 N–H and O–H groups in total. The number of rotatable bonds is 12. The third kappa shape index (κ3) is 7.10. The van der Waals surface area contributed by atoms with E-state index in [0.717, 1.165) is 48.9 Å². The molecule has 0 fully saturated rings. The summed E-state index contributed by atoms with van der Waals surface area (Å²) in [6.07, 6.45) is 4.93. The molecule has 1 aromatic carbocycles. The van der Waals surface area contributed by atoms with Crippen LogP contribution in [-0.2, 0) is 4.79 Å². The summed E-state index contributed by atoms with van der Waals surface area (Å²) in [7, 11) is 1.63. The molecular formula is C22H31N3O3. The Kier molecular flexibility index (Phi) is 9.11. The Hall–Kier alpha value is -2.76. The van der Waals surface area contributed by atoms with Gasteiger partial charge in [-0.05, 0) is 55.7 Å². The lowest BCUT2D eigenvalue weighted by Gasteiger charge is -2.22. The van der Waals surface area contributed by atoms with Crippen molar-refractivity contribution in [2.24, 2.45) is 0 Å². The van der Waals surface area contributed by atoms with Crippen LogP contribution in [0.1, 0.15) is 39.5 Å². The highest BCUT2D eigenvalue weighted by Crippen LogP contribution is 2.18. The predicted octanol–water partition coefficient (Wildman–Crippen LogP) is 4.51. The molecule has 1 aromatic heterocycles. The van der Waals surface area contributed by atoms with Gasteiger partial charge in [0.2, 0.25) is 5.91 Å². The lowest BCUT2D eigenvalue weighted by Crippen LogP contribution is -2.25. The molecule has 1 amide bonds. The second-order valence-electron chi connectivity index (χ2n) is 6.57. The molecular weight excluding hydrogens is 354 g/mol. The summed E-state index contributed by atoms with van der Waals surface area (Å²) < 4.78 is 10.8. The molecule has 0 spiro atoms. The molecule has 0 bridgehead atoms. The summed E-state index contributed by atoms with van der Waals surface area (Å²) in [4.78, 5) is 18.9. The first kappa shape index (κ1) is 21.5. The minimum Gasteiger partial charge on any atom is -0.497 e. The maximum atomic E-state index is 12.1. The zero-order valence-electron chi connectivity index (χ0n) is 17.1. The molecule has 6 nitrogen and oxygen atoms in total. The van der Waals surface area contributed by atoms with Gasteiger partial charge in [-0.3, -0.25) is 4.79 Å². The van der Waals surface area contributed by atoms with Gasteiger partial charge in [-0.15, -0.1) is 0 Å². The molecule has 28 heavy (non-hydrogen) atoms. The minimum atomic E-state index is -0.0353. The number of ether oxygens (including phenoxy) is 2. The number of nitrogens with one attached hydrogen (secondary N) is 1. The second-order valence-corrected chi connectivity index (χ2v) is 6.57. The summed E-state index contributed by atoms with van der Waals surface area (Å²) in [6, 6.07) is 11.3. The molecule has 0 saturated heterocycles. The van der Waals surface area contributed by atoms with Crippen molar-refractivity contribution in [3.8, 4) is 11.5 Å². The Morgan fingerprint density at radius 2 is 1.71 bits per heavy atom. The van der Waals surface area contributed by atoms with Crippen LogP contribution in [0.3, 0.4) is 0 Å². The van der Waals surface area contributed by atoms with Gasteiger partial charge in [-0.25, -0.2) is 4.98 Å². The summed E-state index contributed by atoms with van der Waals surface area (Å²) in [5.41, 5.74) is 0.720. The van der Waals surface area contributed by atoms with Gasteiger partial charge >= 0.3 is 0 Å². The number of carbonyl (C=O) groups excluding carboxylic acids is 1. The number of methoxy groups -OCH3 is 1. The summed E-state index contributed by atoms with van der Waals surface area (Å²) in [6.45, 7) is 6.78. The molecule has 0 atom stereocenters. The SMILES string of the molecule is CCCN(CCC)c1ccc(NC(=O)CCCOc2ccc(OC)cc2)cn1. The van der Waals surface area contributed by atoms with Gasteiger partial charge in [0, 0.05) is 19.5 Å². The Balaban J connectivity index is 1.73. The van der Waals surface area contributed by atoms with Crippen LogP contribution in [0.15, 0.2) is 42.6 Å². The summed E-state index contributed by atoms with van der Waals surface area (Å²) >= 11 is 0. The Bertz CT molecular complexity index is 696. The maximum absolute atomic E-state index is 12.1. The van der Waals surface area contributed by atoms with Crippen molar-refractivity contribution < 1.29 is 14.3 Å². The van der Waals surface area contributed by atoms with E-state index in [0.29, 0.717) is 19.4 Å². The van der Waals surface area contributed by atoms with E-state index in [1.807, 2.05) is 36.4 Å². The fourth-order valence-electron chi connectivity index (χ4n) is 2.85. The van der Waals surface area contributed by atoms with Crippen molar-refractivity contribution in [2.45, 2.75) is 39.5 Å². The van der Waals surface area contributed by atoms with Crippen molar-refractivity contribution in [1.82, 2.24) is 4.98 Å². The smallest absolute Gasteiger partial charge is 0.224 e. The van der Waals surface area contributed by atoms with Crippen LogP contribution in [0.4, 0.5) is 11.5 Å². The van der Waals surface area contributed by atoms with Crippen molar-refractivity contribution in [3.05, 3.63) is 42.6 Å². The van der Waals surface area contributed by atoms with E-state index in [4.69, 9.17) is 9.47 Å². The third-order valence-electron chi connectivity index (χ3n) is 4.22.